The highest BCUT2D eigenvalue weighted by molar-refractivity contribution is 6.03. The molecule has 0 fully saturated rings. The zero-order chi connectivity index (χ0) is 28.1. The van der Waals surface area contributed by atoms with Crippen molar-refractivity contribution in [3.8, 4) is 5.75 Å². The molecule has 204 valence electrons. The number of nitro groups is 1. The first-order valence-corrected chi connectivity index (χ1v) is 12.3. The molecule has 3 aromatic carbocycles. The van der Waals surface area contributed by atoms with Crippen molar-refractivity contribution < 1.29 is 23.2 Å². The summed E-state index contributed by atoms with van der Waals surface area (Å²) in [7, 11) is 5.83. The van der Waals surface area contributed by atoms with Crippen LogP contribution in [0.4, 0.5) is 20.2 Å². The first-order valence-electron chi connectivity index (χ1n) is 12.3. The number of Topliss-reactive ketones (excluding diaryl/α,β-unsaturated/α-hetero) is 1. The lowest BCUT2D eigenvalue weighted by Gasteiger charge is -2.20. The molecule has 1 N–H and O–H groups in total. The Morgan fingerprint density at radius 1 is 1.03 bits per heavy atom. The van der Waals surface area contributed by atoms with E-state index in [1.807, 2.05) is 26.0 Å². The minimum Gasteiger partial charge on any atom is -0.489 e. The molecule has 4 aromatic rings. The number of halogens is 2. The largest absolute Gasteiger partial charge is 0.489 e. The third-order valence-corrected chi connectivity index (χ3v) is 6.29. The third-order valence-electron chi connectivity index (χ3n) is 6.29. The number of fused-ring (bicyclic) bond motifs is 1. The predicted molar refractivity (Wildman–Crippen MR) is 144 cm³/mol. The minimum atomic E-state index is -0.696. The summed E-state index contributed by atoms with van der Waals surface area (Å²) < 4.78 is 32.6. The Bertz CT molecular complexity index is 1480. The normalized spacial score (nSPS) is 11.2. The maximum atomic E-state index is 13.5. The molecule has 0 unspecified atom stereocenters. The minimum absolute atomic E-state index is 0.00808. The van der Waals surface area contributed by atoms with Crippen molar-refractivity contribution in [3.05, 3.63) is 93.2 Å². The van der Waals surface area contributed by atoms with E-state index in [1.54, 1.807) is 24.3 Å². The molecule has 4 rings (SSSR count). The first kappa shape index (κ1) is 27.6. The smallest absolute Gasteiger partial charge is 0.282 e. The molecule has 0 atom stereocenters. The summed E-state index contributed by atoms with van der Waals surface area (Å²) in [5, 5.41) is 19.5. The van der Waals surface area contributed by atoms with Gasteiger partial charge in [-0.15, -0.1) is 0 Å². The number of H-pyrrole nitrogens is 1. The molecular weight excluding hydrogens is 508 g/mol. The highest BCUT2D eigenvalue weighted by Crippen LogP contribution is 2.28. The Hall–Kier alpha value is -4.38. The van der Waals surface area contributed by atoms with Crippen LogP contribution in [0.2, 0.25) is 0 Å². The van der Waals surface area contributed by atoms with Gasteiger partial charge in [0.1, 0.15) is 24.0 Å². The van der Waals surface area contributed by atoms with Gasteiger partial charge in [0.2, 0.25) is 0 Å². The number of carbonyl (C=O) groups is 1. The van der Waals surface area contributed by atoms with Crippen molar-refractivity contribution in [1.82, 2.24) is 15.1 Å². The van der Waals surface area contributed by atoms with Crippen molar-refractivity contribution >= 4 is 28.1 Å². The number of hydrogen-bond acceptors (Lipinski definition) is 7. The number of nitro benzene ring substituents is 1. The van der Waals surface area contributed by atoms with Gasteiger partial charge < -0.3 is 14.5 Å². The number of carbonyl (C=O) groups excluding carboxylic acids is 1. The molecular formula is C28H29F2N5O4. The lowest BCUT2D eigenvalue weighted by Crippen LogP contribution is -2.23. The van der Waals surface area contributed by atoms with Gasteiger partial charge >= 0.3 is 0 Å². The summed E-state index contributed by atoms with van der Waals surface area (Å²) in [6.07, 6.45) is 0.740. The number of anilines is 1. The molecule has 0 amide bonds. The second kappa shape index (κ2) is 12.0. The molecule has 1 heterocycles. The predicted octanol–water partition coefficient (Wildman–Crippen LogP) is 5.14. The highest BCUT2D eigenvalue weighted by Gasteiger charge is 2.23. The summed E-state index contributed by atoms with van der Waals surface area (Å²) in [6, 6.07) is 12.8. The van der Waals surface area contributed by atoms with E-state index in [1.165, 1.54) is 24.3 Å². The summed E-state index contributed by atoms with van der Waals surface area (Å²) >= 11 is 0. The molecule has 0 spiro atoms. The lowest BCUT2D eigenvalue weighted by molar-refractivity contribution is -0.385. The lowest BCUT2D eigenvalue weighted by atomic mass is 10.0. The molecule has 0 aliphatic rings. The van der Waals surface area contributed by atoms with Crippen LogP contribution in [0.1, 0.15) is 28.0 Å². The fourth-order valence-electron chi connectivity index (χ4n) is 4.28. The second-order valence-corrected chi connectivity index (χ2v) is 9.58. The van der Waals surface area contributed by atoms with E-state index < -0.39 is 22.3 Å². The standard InChI is InChI=1S/C28H29F2N5O4/c1-33(2)9-4-10-34(3)21-5-7-23(27(14-21)35(37)38)28(36)16-26-24-15-22(6-8-25(24)31-32-26)39-17-18-11-19(29)13-20(30)12-18/h5-8,11-15H,4,9-10,16-17H2,1-3H3,(H,31,32). The summed E-state index contributed by atoms with van der Waals surface area (Å²) in [5.41, 5.74) is 1.78. The van der Waals surface area contributed by atoms with Gasteiger partial charge in [0.25, 0.3) is 5.69 Å². The number of rotatable bonds is 12. The molecule has 0 aliphatic carbocycles. The van der Waals surface area contributed by atoms with Gasteiger partial charge in [-0.25, -0.2) is 8.78 Å². The van der Waals surface area contributed by atoms with Gasteiger partial charge in [-0.3, -0.25) is 20.0 Å². The van der Waals surface area contributed by atoms with Gasteiger partial charge in [0, 0.05) is 36.8 Å². The van der Waals surface area contributed by atoms with E-state index >= 15 is 0 Å². The monoisotopic (exact) mass is 537 g/mol. The number of aromatic nitrogens is 2. The van der Waals surface area contributed by atoms with Crippen LogP contribution in [0.15, 0.2) is 54.6 Å². The van der Waals surface area contributed by atoms with Gasteiger partial charge in [-0.05, 0) is 75.1 Å². The fourth-order valence-corrected chi connectivity index (χ4v) is 4.28. The summed E-state index contributed by atoms with van der Waals surface area (Å²) in [6.45, 7) is 1.53. The van der Waals surface area contributed by atoms with Gasteiger partial charge in [0.05, 0.1) is 28.1 Å². The Kier molecular flexibility index (Phi) is 8.50. The maximum absolute atomic E-state index is 13.5. The van der Waals surface area contributed by atoms with Crippen LogP contribution < -0.4 is 9.64 Å². The molecule has 9 nitrogen and oxygen atoms in total. The van der Waals surface area contributed by atoms with Crippen LogP contribution in [-0.4, -0.2) is 60.0 Å². The number of ketones is 1. The van der Waals surface area contributed by atoms with Crippen LogP contribution in [0.25, 0.3) is 10.9 Å². The Labute approximate surface area is 224 Å². The summed E-state index contributed by atoms with van der Waals surface area (Å²) in [4.78, 5) is 28.5. The quantitative estimate of drug-likeness (QED) is 0.152. The molecule has 1 aromatic heterocycles. The summed E-state index contributed by atoms with van der Waals surface area (Å²) in [5.74, 6) is -1.42. The number of nitrogens with zero attached hydrogens (tertiary/aromatic N) is 4. The van der Waals surface area contributed by atoms with E-state index in [0.717, 1.165) is 19.0 Å². The van der Waals surface area contributed by atoms with Crippen LogP contribution in [0, 0.1) is 21.7 Å². The van der Waals surface area contributed by atoms with E-state index in [4.69, 9.17) is 4.74 Å². The average Bonchev–Trinajstić information content (AvgIpc) is 3.28. The van der Waals surface area contributed by atoms with Crippen LogP contribution >= 0.6 is 0 Å². The molecule has 0 bridgehead atoms. The van der Waals surface area contributed by atoms with E-state index in [9.17, 15) is 23.7 Å². The molecule has 0 radical (unpaired) electrons. The third kappa shape index (κ3) is 6.94. The molecule has 0 saturated carbocycles. The Balaban J connectivity index is 1.51. The van der Waals surface area contributed by atoms with Crippen LogP contribution in [0.5, 0.6) is 5.75 Å². The maximum Gasteiger partial charge on any atom is 0.282 e. The van der Waals surface area contributed by atoms with Crippen molar-refractivity contribution in [2.24, 2.45) is 0 Å². The zero-order valence-corrected chi connectivity index (χ0v) is 21.9. The van der Waals surface area contributed by atoms with Gasteiger partial charge in [-0.1, -0.05) is 0 Å². The average molecular weight is 538 g/mol. The highest BCUT2D eigenvalue weighted by atomic mass is 19.1. The van der Waals surface area contributed by atoms with Crippen LogP contribution in [0.3, 0.4) is 0 Å². The fraction of sp³-hybridized carbons (Fsp3) is 0.286. The van der Waals surface area contributed by atoms with Gasteiger partial charge in [0.15, 0.2) is 5.78 Å². The van der Waals surface area contributed by atoms with Crippen molar-refractivity contribution in [2.75, 3.05) is 39.1 Å². The SMILES string of the molecule is CN(C)CCCN(C)c1ccc(C(=O)Cc2[nH]nc3ccc(OCc4cc(F)cc(F)c4)cc23)c([N+](=O)[O-])c1. The topological polar surface area (TPSA) is 105 Å². The number of aromatic amines is 1. The Morgan fingerprint density at radius 3 is 2.46 bits per heavy atom. The molecule has 0 aliphatic heterocycles. The van der Waals surface area contributed by atoms with Crippen molar-refractivity contribution in [1.29, 1.82) is 0 Å². The van der Waals surface area contributed by atoms with Crippen LogP contribution in [-0.2, 0) is 13.0 Å². The van der Waals surface area contributed by atoms with Crippen molar-refractivity contribution in [2.45, 2.75) is 19.4 Å². The number of benzene rings is 3. The van der Waals surface area contributed by atoms with E-state index in [-0.39, 0.29) is 24.3 Å². The number of ether oxygens (including phenoxy) is 1. The number of hydrogen-bond donors (Lipinski definition) is 1. The first-order chi connectivity index (χ1) is 18.6. The number of nitrogens with one attached hydrogen (secondary N) is 1. The van der Waals surface area contributed by atoms with E-state index in [2.05, 4.69) is 15.1 Å². The van der Waals surface area contributed by atoms with Gasteiger partial charge in [-0.2, -0.15) is 5.10 Å². The van der Waals surface area contributed by atoms with E-state index in [0.29, 0.717) is 40.1 Å². The molecule has 0 saturated heterocycles. The van der Waals surface area contributed by atoms with Crippen molar-refractivity contribution in [3.63, 3.8) is 0 Å². The second-order valence-electron chi connectivity index (χ2n) is 9.58. The Morgan fingerprint density at radius 2 is 1.77 bits per heavy atom. The zero-order valence-electron chi connectivity index (χ0n) is 21.9. The molecule has 39 heavy (non-hydrogen) atoms. The molecule has 11 heteroatoms.